The number of nitrogens with two attached hydrogens (primary N) is 1. The molecule has 2 N–H and O–H groups in total. The Hall–Kier alpha value is -1.01. The maximum absolute atomic E-state index is 6.15. The molecule has 0 spiro atoms. The zero-order valence-electron chi connectivity index (χ0n) is 9.64. The van der Waals surface area contributed by atoms with E-state index in [1.165, 1.54) is 11.3 Å². The lowest BCUT2D eigenvalue weighted by Crippen LogP contribution is -2.10. The molecule has 2 aromatic rings. The van der Waals surface area contributed by atoms with Crippen LogP contribution in [0.5, 0.6) is 0 Å². The quantitative estimate of drug-likeness (QED) is 0.880. The van der Waals surface area contributed by atoms with Gasteiger partial charge in [-0.1, -0.05) is 42.0 Å². The molecule has 3 nitrogen and oxygen atoms in total. The largest absolute Gasteiger partial charge is 0.389 e. The number of rotatable bonds is 4. The van der Waals surface area contributed by atoms with Gasteiger partial charge < -0.3 is 10.5 Å². The molecule has 0 fully saturated rings. The molecule has 0 aliphatic heterocycles. The SMILES string of the molecule is COCc1nc(-c2ccccc2Cl)sc1C(N)=S. The fourth-order valence-corrected chi connectivity index (χ4v) is 3.01. The minimum atomic E-state index is 0.331. The molecule has 1 aromatic heterocycles. The van der Waals surface area contributed by atoms with E-state index < -0.39 is 0 Å². The number of aromatic nitrogens is 1. The zero-order valence-corrected chi connectivity index (χ0v) is 12.0. The molecule has 2 rings (SSSR count). The molecule has 0 atom stereocenters. The van der Waals surface area contributed by atoms with Gasteiger partial charge in [-0.25, -0.2) is 4.98 Å². The van der Waals surface area contributed by atoms with Crippen LogP contribution in [0.1, 0.15) is 10.6 Å². The first-order valence-corrected chi connectivity index (χ1v) is 6.77. The summed E-state index contributed by atoms with van der Waals surface area (Å²) in [4.78, 5) is 5.60. The second kappa shape index (κ2) is 5.75. The van der Waals surface area contributed by atoms with E-state index in [2.05, 4.69) is 4.98 Å². The van der Waals surface area contributed by atoms with E-state index in [0.29, 0.717) is 16.6 Å². The Morgan fingerprint density at radius 3 is 2.83 bits per heavy atom. The monoisotopic (exact) mass is 298 g/mol. The predicted molar refractivity (Wildman–Crippen MR) is 79.2 cm³/mol. The van der Waals surface area contributed by atoms with Crippen LogP contribution < -0.4 is 5.73 Å². The van der Waals surface area contributed by atoms with Crippen molar-refractivity contribution in [3.63, 3.8) is 0 Å². The number of benzene rings is 1. The van der Waals surface area contributed by atoms with Crippen molar-refractivity contribution < 1.29 is 4.74 Å². The molecule has 0 radical (unpaired) electrons. The molecule has 0 unspecified atom stereocenters. The Labute approximate surface area is 120 Å². The predicted octanol–water partition coefficient (Wildman–Crippen LogP) is 3.24. The fraction of sp³-hybridized carbons (Fsp3) is 0.167. The number of hydrogen-bond donors (Lipinski definition) is 1. The highest BCUT2D eigenvalue weighted by molar-refractivity contribution is 7.81. The van der Waals surface area contributed by atoms with Crippen molar-refractivity contribution in [3.8, 4) is 10.6 Å². The fourth-order valence-electron chi connectivity index (χ4n) is 1.53. The summed E-state index contributed by atoms with van der Waals surface area (Å²) in [6.07, 6.45) is 0. The number of thiocarbonyl (C=S) groups is 1. The Balaban J connectivity index is 2.50. The van der Waals surface area contributed by atoms with Crippen LogP contribution >= 0.6 is 35.2 Å². The lowest BCUT2D eigenvalue weighted by molar-refractivity contribution is 0.182. The van der Waals surface area contributed by atoms with Crippen molar-refractivity contribution in [1.29, 1.82) is 0 Å². The molecule has 94 valence electrons. The summed E-state index contributed by atoms with van der Waals surface area (Å²) in [6.45, 7) is 0.383. The number of hydrogen-bond acceptors (Lipinski definition) is 4. The molecule has 1 aromatic carbocycles. The van der Waals surface area contributed by atoms with Crippen LogP contribution in [0, 0.1) is 0 Å². The van der Waals surface area contributed by atoms with Gasteiger partial charge in [0, 0.05) is 12.7 Å². The lowest BCUT2D eigenvalue weighted by Gasteiger charge is -1.98. The third-order valence-corrected chi connectivity index (χ3v) is 4.13. The lowest BCUT2D eigenvalue weighted by atomic mass is 10.2. The Morgan fingerprint density at radius 2 is 2.22 bits per heavy atom. The van der Waals surface area contributed by atoms with Gasteiger partial charge in [0.2, 0.25) is 0 Å². The number of nitrogens with zero attached hydrogens (tertiary/aromatic N) is 1. The van der Waals surface area contributed by atoms with Crippen LogP contribution in [-0.4, -0.2) is 17.1 Å². The molecule has 6 heteroatoms. The number of ether oxygens (including phenoxy) is 1. The van der Waals surface area contributed by atoms with E-state index in [1.54, 1.807) is 7.11 Å². The Bertz CT molecular complexity index is 583. The smallest absolute Gasteiger partial charge is 0.125 e. The summed E-state index contributed by atoms with van der Waals surface area (Å²) in [5.74, 6) is 0. The van der Waals surface area contributed by atoms with Crippen molar-refractivity contribution >= 4 is 40.1 Å². The van der Waals surface area contributed by atoms with Crippen LogP contribution in [0.2, 0.25) is 5.02 Å². The molecule has 0 saturated carbocycles. The van der Waals surface area contributed by atoms with E-state index in [1.807, 2.05) is 24.3 Å². The summed E-state index contributed by atoms with van der Waals surface area (Å²) >= 11 is 12.6. The maximum atomic E-state index is 6.15. The van der Waals surface area contributed by atoms with Gasteiger partial charge in [0.25, 0.3) is 0 Å². The number of methoxy groups -OCH3 is 1. The van der Waals surface area contributed by atoms with Crippen molar-refractivity contribution in [1.82, 2.24) is 4.98 Å². The van der Waals surface area contributed by atoms with Crippen molar-refractivity contribution in [2.24, 2.45) is 5.73 Å². The molecule has 1 heterocycles. The average Bonchev–Trinajstić information content (AvgIpc) is 2.74. The first kappa shape index (κ1) is 13.4. The highest BCUT2D eigenvalue weighted by Crippen LogP contribution is 2.33. The molecular formula is C12H11ClN2OS2. The highest BCUT2D eigenvalue weighted by Gasteiger charge is 2.15. The first-order chi connectivity index (χ1) is 8.63. The van der Waals surface area contributed by atoms with Crippen LogP contribution in [0.3, 0.4) is 0 Å². The standard InChI is InChI=1S/C12H11ClN2OS2/c1-16-6-9-10(11(14)17)18-12(15-9)7-4-2-3-5-8(7)13/h2-5H,6H2,1H3,(H2,14,17). The second-order valence-corrected chi connectivity index (χ2v) is 5.42. The van der Waals surface area contributed by atoms with E-state index >= 15 is 0 Å². The van der Waals surface area contributed by atoms with Gasteiger partial charge in [-0.2, -0.15) is 0 Å². The molecule has 0 bridgehead atoms. The Morgan fingerprint density at radius 1 is 1.50 bits per heavy atom. The van der Waals surface area contributed by atoms with Crippen LogP contribution in [0.4, 0.5) is 0 Å². The van der Waals surface area contributed by atoms with Gasteiger partial charge in [0.05, 0.1) is 22.2 Å². The minimum Gasteiger partial charge on any atom is -0.389 e. The van der Waals surface area contributed by atoms with Crippen LogP contribution in [0.25, 0.3) is 10.6 Å². The molecule has 18 heavy (non-hydrogen) atoms. The highest BCUT2D eigenvalue weighted by atomic mass is 35.5. The van der Waals surface area contributed by atoms with Crippen molar-refractivity contribution in [2.75, 3.05) is 7.11 Å². The summed E-state index contributed by atoms with van der Waals surface area (Å²) < 4.78 is 5.09. The van der Waals surface area contributed by atoms with Gasteiger partial charge >= 0.3 is 0 Å². The van der Waals surface area contributed by atoms with Crippen molar-refractivity contribution in [2.45, 2.75) is 6.61 Å². The summed E-state index contributed by atoms with van der Waals surface area (Å²) in [5, 5.41) is 1.46. The summed E-state index contributed by atoms with van der Waals surface area (Å²) in [6, 6.07) is 7.54. The van der Waals surface area contributed by atoms with Gasteiger partial charge in [0.1, 0.15) is 10.00 Å². The van der Waals surface area contributed by atoms with Crippen LogP contribution in [0.15, 0.2) is 24.3 Å². The molecule has 0 aliphatic carbocycles. The zero-order chi connectivity index (χ0) is 13.1. The summed E-state index contributed by atoms with van der Waals surface area (Å²) in [7, 11) is 1.61. The average molecular weight is 299 g/mol. The van der Waals surface area contributed by atoms with E-state index in [4.69, 9.17) is 34.3 Å². The van der Waals surface area contributed by atoms with Gasteiger partial charge in [-0.05, 0) is 6.07 Å². The van der Waals surface area contributed by atoms with Crippen molar-refractivity contribution in [3.05, 3.63) is 39.9 Å². The molecule has 0 saturated heterocycles. The maximum Gasteiger partial charge on any atom is 0.125 e. The normalized spacial score (nSPS) is 10.6. The van der Waals surface area contributed by atoms with Gasteiger partial charge in [-0.15, -0.1) is 11.3 Å². The number of thiazole rings is 1. The molecule has 0 aliphatic rings. The van der Waals surface area contributed by atoms with E-state index in [-0.39, 0.29) is 0 Å². The third kappa shape index (κ3) is 2.70. The topological polar surface area (TPSA) is 48.1 Å². The first-order valence-electron chi connectivity index (χ1n) is 5.17. The molecule has 0 amide bonds. The van der Waals surface area contributed by atoms with Gasteiger partial charge in [-0.3, -0.25) is 0 Å². The second-order valence-electron chi connectivity index (χ2n) is 3.57. The Kier molecular flexibility index (Phi) is 4.29. The minimum absolute atomic E-state index is 0.331. The van der Waals surface area contributed by atoms with Crippen LogP contribution in [-0.2, 0) is 11.3 Å². The molecular weight excluding hydrogens is 288 g/mol. The number of halogens is 1. The summed E-state index contributed by atoms with van der Waals surface area (Å²) in [5.41, 5.74) is 7.32. The van der Waals surface area contributed by atoms with E-state index in [9.17, 15) is 0 Å². The van der Waals surface area contributed by atoms with E-state index in [0.717, 1.165) is 21.1 Å². The third-order valence-electron chi connectivity index (χ3n) is 2.31. The van der Waals surface area contributed by atoms with Gasteiger partial charge in [0.15, 0.2) is 0 Å².